The Bertz CT molecular complexity index is 353. The molecule has 1 heterocycles. The van der Waals surface area contributed by atoms with Gasteiger partial charge < -0.3 is 9.47 Å². The van der Waals surface area contributed by atoms with Crippen LogP contribution in [0.5, 0.6) is 0 Å². The second-order valence-electron chi connectivity index (χ2n) is 4.05. The van der Waals surface area contributed by atoms with Gasteiger partial charge in [0.2, 0.25) is 0 Å². The van der Waals surface area contributed by atoms with Gasteiger partial charge in [-0.05, 0) is 19.4 Å². The fraction of sp³-hybridized carbons (Fsp3) is 0.385. The topological polar surface area (TPSA) is 18.5 Å². The SMILES string of the molecule is C=C(C)C1COC(c2ccc(C)cc2)O1. The predicted molar refractivity (Wildman–Crippen MR) is 59.6 cm³/mol. The highest BCUT2D eigenvalue weighted by Crippen LogP contribution is 2.29. The Labute approximate surface area is 90.5 Å². The van der Waals surface area contributed by atoms with Crippen LogP contribution in [-0.2, 0) is 9.47 Å². The first-order valence-electron chi connectivity index (χ1n) is 5.16. The molecule has 2 atom stereocenters. The van der Waals surface area contributed by atoms with Crippen molar-refractivity contribution in [2.45, 2.75) is 26.2 Å². The lowest BCUT2D eigenvalue weighted by molar-refractivity contribution is -0.0547. The van der Waals surface area contributed by atoms with Gasteiger partial charge in [-0.3, -0.25) is 0 Å². The summed E-state index contributed by atoms with van der Waals surface area (Å²) in [7, 11) is 0. The van der Waals surface area contributed by atoms with E-state index in [0.717, 1.165) is 11.1 Å². The maximum Gasteiger partial charge on any atom is 0.184 e. The van der Waals surface area contributed by atoms with Gasteiger partial charge in [-0.15, -0.1) is 0 Å². The van der Waals surface area contributed by atoms with E-state index in [-0.39, 0.29) is 12.4 Å². The largest absolute Gasteiger partial charge is 0.345 e. The third-order valence-corrected chi connectivity index (χ3v) is 2.59. The number of ether oxygens (including phenoxy) is 2. The summed E-state index contributed by atoms with van der Waals surface area (Å²) >= 11 is 0. The first-order valence-corrected chi connectivity index (χ1v) is 5.16. The first-order chi connectivity index (χ1) is 7.16. The molecule has 2 nitrogen and oxygen atoms in total. The summed E-state index contributed by atoms with van der Waals surface area (Å²) in [5.74, 6) is 0. The molecule has 2 unspecified atom stereocenters. The Morgan fingerprint density at radius 3 is 2.53 bits per heavy atom. The summed E-state index contributed by atoms with van der Waals surface area (Å²) in [4.78, 5) is 0. The average Bonchev–Trinajstić information content (AvgIpc) is 2.68. The maximum absolute atomic E-state index is 5.73. The minimum Gasteiger partial charge on any atom is -0.345 e. The van der Waals surface area contributed by atoms with E-state index in [0.29, 0.717) is 6.61 Å². The highest BCUT2D eigenvalue weighted by molar-refractivity contribution is 5.22. The van der Waals surface area contributed by atoms with Gasteiger partial charge in [0.15, 0.2) is 6.29 Å². The number of hydrogen-bond acceptors (Lipinski definition) is 2. The summed E-state index contributed by atoms with van der Waals surface area (Å²) < 4.78 is 11.3. The summed E-state index contributed by atoms with van der Waals surface area (Å²) in [5, 5.41) is 0. The molecule has 1 aromatic carbocycles. The second-order valence-corrected chi connectivity index (χ2v) is 4.05. The van der Waals surface area contributed by atoms with Crippen molar-refractivity contribution in [3.05, 3.63) is 47.5 Å². The summed E-state index contributed by atoms with van der Waals surface area (Å²) in [6.07, 6.45) is -0.191. The van der Waals surface area contributed by atoms with Crippen LogP contribution >= 0.6 is 0 Å². The van der Waals surface area contributed by atoms with Crippen LogP contribution in [0.3, 0.4) is 0 Å². The van der Waals surface area contributed by atoms with E-state index in [1.54, 1.807) is 0 Å². The Kier molecular flexibility index (Phi) is 2.89. The molecule has 1 aliphatic rings. The van der Waals surface area contributed by atoms with E-state index in [1.807, 2.05) is 19.1 Å². The molecule has 0 amide bonds. The molecule has 0 bridgehead atoms. The summed E-state index contributed by atoms with van der Waals surface area (Å²) in [5.41, 5.74) is 3.34. The first kappa shape index (κ1) is 10.4. The van der Waals surface area contributed by atoms with Gasteiger partial charge in [0.1, 0.15) is 6.10 Å². The van der Waals surface area contributed by atoms with Gasteiger partial charge in [-0.1, -0.05) is 36.4 Å². The smallest absolute Gasteiger partial charge is 0.184 e. The molecule has 1 aliphatic heterocycles. The lowest BCUT2D eigenvalue weighted by Crippen LogP contribution is -2.09. The van der Waals surface area contributed by atoms with Crippen molar-refractivity contribution in [3.63, 3.8) is 0 Å². The van der Waals surface area contributed by atoms with E-state index < -0.39 is 0 Å². The van der Waals surface area contributed by atoms with Crippen molar-refractivity contribution in [1.82, 2.24) is 0 Å². The van der Waals surface area contributed by atoms with Crippen molar-refractivity contribution < 1.29 is 9.47 Å². The highest BCUT2D eigenvalue weighted by atomic mass is 16.7. The van der Waals surface area contributed by atoms with Crippen LogP contribution in [0.1, 0.15) is 24.3 Å². The molecule has 0 radical (unpaired) electrons. The van der Waals surface area contributed by atoms with Crippen LogP contribution in [0.2, 0.25) is 0 Å². The molecular formula is C13H16O2. The molecule has 0 aliphatic carbocycles. The van der Waals surface area contributed by atoms with Crippen LogP contribution in [0.4, 0.5) is 0 Å². The van der Waals surface area contributed by atoms with E-state index >= 15 is 0 Å². The third-order valence-electron chi connectivity index (χ3n) is 2.59. The zero-order valence-electron chi connectivity index (χ0n) is 9.19. The standard InChI is InChI=1S/C13H16O2/c1-9(2)12-8-14-13(15-12)11-6-4-10(3)5-7-11/h4-7,12-13H,1,8H2,2-3H3. The Morgan fingerprint density at radius 1 is 1.33 bits per heavy atom. The van der Waals surface area contributed by atoms with Gasteiger partial charge in [-0.25, -0.2) is 0 Å². The van der Waals surface area contributed by atoms with Gasteiger partial charge in [-0.2, -0.15) is 0 Å². The minimum absolute atomic E-state index is 0.0382. The molecule has 2 heteroatoms. The number of rotatable bonds is 2. The van der Waals surface area contributed by atoms with Crippen LogP contribution < -0.4 is 0 Å². The fourth-order valence-corrected chi connectivity index (χ4v) is 1.56. The third kappa shape index (κ3) is 2.28. The molecule has 0 saturated carbocycles. The average molecular weight is 204 g/mol. The molecule has 80 valence electrons. The van der Waals surface area contributed by atoms with Gasteiger partial charge in [0, 0.05) is 5.56 Å². The quantitative estimate of drug-likeness (QED) is 0.689. The second kappa shape index (κ2) is 4.17. The Morgan fingerprint density at radius 2 is 2.00 bits per heavy atom. The van der Waals surface area contributed by atoms with E-state index in [1.165, 1.54) is 5.56 Å². The molecule has 15 heavy (non-hydrogen) atoms. The fourth-order valence-electron chi connectivity index (χ4n) is 1.56. The summed E-state index contributed by atoms with van der Waals surface area (Å²) in [6.45, 7) is 8.51. The monoisotopic (exact) mass is 204 g/mol. The Balaban J connectivity index is 2.07. The van der Waals surface area contributed by atoms with E-state index in [4.69, 9.17) is 9.47 Å². The minimum atomic E-state index is -0.229. The lowest BCUT2D eigenvalue weighted by atomic mass is 10.1. The zero-order chi connectivity index (χ0) is 10.8. The number of aryl methyl sites for hydroxylation is 1. The van der Waals surface area contributed by atoms with Crippen molar-refractivity contribution in [3.8, 4) is 0 Å². The highest BCUT2D eigenvalue weighted by Gasteiger charge is 2.27. The molecule has 0 spiro atoms. The van der Waals surface area contributed by atoms with Gasteiger partial charge in [0.05, 0.1) is 6.61 Å². The molecular weight excluding hydrogens is 188 g/mol. The number of benzene rings is 1. The van der Waals surface area contributed by atoms with Crippen molar-refractivity contribution >= 4 is 0 Å². The van der Waals surface area contributed by atoms with Crippen LogP contribution in [-0.4, -0.2) is 12.7 Å². The molecule has 0 aromatic heterocycles. The zero-order valence-corrected chi connectivity index (χ0v) is 9.19. The lowest BCUT2D eigenvalue weighted by Gasteiger charge is -2.11. The summed E-state index contributed by atoms with van der Waals surface area (Å²) in [6, 6.07) is 8.22. The normalized spacial score (nSPS) is 25.5. The number of hydrogen-bond donors (Lipinski definition) is 0. The van der Waals surface area contributed by atoms with Gasteiger partial charge >= 0.3 is 0 Å². The van der Waals surface area contributed by atoms with Crippen molar-refractivity contribution in [1.29, 1.82) is 0 Å². The van der Waals surface area contributed by atoms with Crippen LogP contribution in [0, 0.1) is 6.92 Å². The van der Waals surface area contributed by atoms with E-state index in [9.17, 15) is 0 Å². The molecule has 2 rings (SSSR count). The molecule has 1 aromatic rings. The molecule has 0 N–H and O–H groups in total. The predicted octanol–water partition coefficient (Wildman–Crippen LogP) is 2.99. The van der Waals surface area contributed by atoms with Crippen LogP contribution in [0.25, 0.3) is 0 Å². The molecule has 1 saturated heterocycles. The molecule has 1 fully saturated rings. The maximum atomic E-state index is 5.73. The van der Waals surface area contributed by atoms with Crippen LogP contribution in [0.15, 0.2) is 36.4 Å². The Hall–Kier alpha value is -1.12. The van der Waals surface area contributed by atoms with Crippen molar-refractivity contribution in [2.24, 2.45) is 0 Å². The van der Waals surface area contributed by atoms with Gasteiger partial charge in [0.25, 0.3) is 0 Å². The van der Waals surface area contributed by atoms with E-state index in [2.05, 4.69) is 25.6 Å². The van der Waals surface area contributed by atoms with Crippen molar-refractivity contribution in [2.75, 3.05) is 6.61 Å².